The van der Waals surface area contributed by atoms with E-state index in [0.717, 1.165) is 17.9 Å². The summed E-state index contributed by atoms with van der Waals surface area (Å²) in [6, 6.07) is 1.95. The predicted octanol–water partition coefficient (Wildman–Crippen LogP) is 0.496. The zero-order valence-corrected chi connectivity index (χ0v) is 11.2. The van der Waals surface area contributed by atoms with E-state index in [1.165, 1.54) is 6.33 Å². The number of aryl methyl sites for hydroxylation is 1. The fourth-order valence-electron chi connectivity index (χ4n) is 1.81. The number of fused-ring (bicyclic) bond motifs is 1. The molecule has 0 aliphatic heterocycles. The van der Waals surface area contributed by atoms with Crippen molar-refractivity contribution in [2.45, 2.75) is 25.9 Å². The first-order valence-electron chi connectivity index (χ1n) is 6.35. The van der Waals surface area contributed by atoms with Crippen molar-refractivity contribution in [2.24, 2.45) is 0 Å². The Kier molecular flexibility index (Phi) is 4.64. The minimum absolute atomic E-state index is 0.344. The van der Waals surface area contributed by atoms with Crippen LogP contribution in [0.2, 0.25) is 0 Å². The fourth-order valence-corrected chi connectivity index (χ4v) is 1.81. The number of nitrogens with zero attached hydrogens (tertiary/aromatic N) is 4. The first-order valence-corrected chi connectivity index (χ1v) is 6.35. The van der Waals surface area contributed by atoms with Crippen molar-refractivity contribution in [2.75, 3.05) is 25.6 Å². The molecule has 2 aromatic heterocycles. The smallest absolute Gasteiger partial charge is 0.254 e. The molecule has 0 radical (unpaired) electrons. The van der Waals surface area contributed by atoms with Crippen LogP contribution in [0.3, 0.4) is 0 Å². The first-order chi connectivity index (χ1) is 9.24. The molecule has 2 rings (SSSR count). The Morgan fingerprint density at radius 3 is 3.11 bits per heavy atom. The molecule has 0 amide bonds. The highest BCUT2D eigenvalue weighted by Crippen LogP contribution is 2.11. The average molecular weight is 265 g/mol. The van der Waals surface area contributed by atoms with E-state index in [1.807, 2.05) is 13.0 Å². The first kappa shape index (κ1) is 13.7. The number of aliphatic hydroxyl groups is 1. The van der Waals surface area contributed by atoms with Crippen molar-refractivity contribution in [3.63, 3.8) is 0 Å². The lowest BCUT2D eigenvalue weighted by Gasteiger charge is -2.12. The fraction of sp³-hybridized carbons (Fsp3) is 0.583. The maximum absolute atomic E-state index is 9.59. The number of anilines is 1. The normalized spacial score (nSPS) is 12.8. The number of aliphatic hydroxyl groups excluding tert-OH is 1. The molecule has 2 N–H and O–H groups in total. The molecule has 0 aromatic carbocycles. The van der Waals surface area contributed by atoms with Gasteiger partial charge in [-0.25, -0.2) is 4.98 Å². The van der Waals surface area contributed by atoms with Crippen LogP contribution in [0.15, 0.2) is 12.4 Å². The third kappa shape index (κ3) is 3.39. The molecule has 0 fully saturated rings. The summed E-state index contributed by atoms with van der Waals surface area (Å²) < 4.78 is 6.54. The Morgan fingerprint density at radius 2 is 2.37 bits per heavy atom. The van der Waals surface area contributed by atoms with Crippen LogP contribution in [-0.4, -0.2) is 51.1 Å². The van der Waals surface area contributed by atoms with E-state index >= 15 is 0 Å². The second-order valence-corrected chi connectivity index (χ2v) is 4.28. The average Bonchev–Trinajstić information content (AvgIpc) is 2.87. The van der Waals surface area contributed by atoms with Crippen molar-refractivity contribution in [3.05, 3.63) is 18.1 Å². The number of hydrogen-bond acceptors (Lipinski definition) is 6. The summed E-state index contributed by atoms with van der Waals surface area (Å²) in [5.41, 5.74) is 0.959. The maximum Gasteiger partial charge on any atom is 0.254 e. The standard InChI is InChI=1S/C12H19N5O2/c1-3-9-6-11(13-5-4-10(18)7-19-2)17-12(16-9)14-8-15-17/h6,8,10,13,18H,3-5,7H2,1-2H3. The molecule has 0 saturated heterocycles. The summed E-state index contributed by atoms with van der Waals surface area (Å²) in [7, 11) is 1.58. The van der Waals surface area contributed by atoms with Crippen molar-refractivity contribution in [1.82, 2.24) is 19.6 Å². The summed E-state index contributed by atoms with van der Waals surface area (Å²) in [5.74, 6) is 1.42. The van der Waals surface area contributed by atoms with Crippen LogP contribution >= 0.6 is 0 Å². The molecule has 2 aromatic rings. The highest BCUT2D eigenvalue weighted by Gasteiger charge is 2.07. The number of aromatic nitrogens is 4. The van der Waals surface area contributed by atoms with Gasteiger partial charge in [-0.1, -0.05) is 6.92 Å². The van der Waals surface area contributed by atoms with Gasteiger partial charge in [0, 0.05) is 25.4 Å². The predicted molar refractivity (Wildman–Crippen MR) is 71.1 cm³/mol. The number of nitrogens with one attached hydrogen (secondary N) is 1. The molecular weight excluding hydrogens is 246 g/mol. The largest absolute Gasteiger partial charge is 0.391 e. The molecule has 1 unspecified atom stereocenters. The molecule has 2 heterocycles. The van der Waals surface area contributed by atoms with Crippen molar-refractivity contribution in [3.8, 4) is 0 Å². The van der Waals surface area contributed by atoms with Crippen LogP contribution in [-0.2, 0) is 11.2 Å². The Balaban J connectivity index is 2.04. The second kappa shape index (κ2) is 6.44. The minimum atomic E-state index is -0.462. The van der Waals surface area contributed by atoms with E-state index in [4.69, 9.17) is 4.74 Å². The van der Waals surface area contributed by atoms with Gasteiger partial charge in [0.15, 0.2) is 0 Å². The molecule has 104 valence electrons. The SMILES string of the molecule is CCc1cc(NCCC(O)COC)n2ncnc2n1. The number of hydrogen-bond donors (Lipinski definition) is 2. The van der Waals surface area contributed by atoms with Crippen molar-refractivity contribution in [1.29, 1.82) is 0 Å². The van der Waals surface area contributed by atoms with Crippen LogP contribution in [0.4, 0.5) is 5.82 Å². The maximum atomic E-state index is 9.59. The van der Waals surface area contributed by atoms with Gasteiger partial charge in [0.05, 0.1) is 12.7 Å². The topological polar surface area (TPSA) is 84.6 Å². The lowest BCUT2D eigenvalue weighted by Crippen LogP contribution is -2.19. The molecule has 0 bridgehead atoms. The monoisotopic (exact) mass is 265 g/mol. The third-order valence-electron chi connectivity index (χ3n) is 2.81. The minimum Gasteiger partial charge on any atom is -0.391 e. The molecule has 1 atom stereocenters. The van der Waals surface area contributed by atoms with Crippen LogP contribution in [0.25, 0.3) is 5.78 Å². The van der Waals surface area contributed by atoms with Gasteiger partial charge in [0.1, 0.15) is 12.1 Å². The van der Waals surface area contributed by atoms with Gasteiger partial charge in [-0.15, -0.1) is 0 Å². The lowest BCUT2D eigenvalue weighted by atomic mass is 10.2. The van der Waals surface area contributed by atoms with Crippen molar-refractivity contribution < 1.29 is 9.84 Å². The van der Waals surface area contributed by atoms with Gasteiger partial charge >= 0.3 is 0 Å². The van der Waals surface area contributed by atoms with Gasteiger partial charge in [-0.3, -0.25) is 0 Å². The Hall–Kier alpha value is -1.73. The van der Waals surface area contributed by atoms with Gasteiger partial charge in [0.25, 0.3) is 5.78 Å². The molecule has 7 heteroatoms. The Labute approximate surface area is 111 Å². The van der Waals surface area contributed by atoms with E-state index < -0.39 is 6.10 Å². The van der Waals surface area contributed by atoms with E-state index in [-0.39, 0.29) is 0 Å². The van der Waals surface area contributed by atoms with Crippen LogP contribution < -0.4 is 5.32 Å². The zero-order valence-electron chi connectivity index (χ0n) is 11.2. The summed E-state index contributed by atoms with van der Waals surface area (Å²) in [4.78, 5) is 8.46. The van der Waals surface area contributed by atoms with Gasteiger partial charge in [-0.05, 0) is 12.8 Å². The van der Waals surface area contributed by atoms with Gasteiger partial charge in [0.2, 0.25) is 0 Å². The molecule has 19 heavy (non-hydrogen) atoms. The van der Waals surface area contributed by atoms with E-state index in [0.29, 0.717) is 25.4 Å². The number of rotatable bonds is 7. The van der Waals surface area contributed by atoms with Gasteiger partial charge in [-0.2, -0.15) is 14.6 Å². The zero-order chi connectivity index (χ0) is 13.7. The molecular formula is C12H19N5O2. The second-order valence-electron chi connectivity index (χ2n) is 4.28. The van der Waals surface area contributed by atoms with Crippen LogP contribution in [0.1, 0.15) is 19.0 Å². The molecule has 0 aliphatic rings. The van der Waals surface area contributed by atoms with E-state index in [1.54, 1.807) is 11.6 Å². The van der Waals surface area contributed by atoms with Crippen LogP contribution in [0.5, 0.6) is 0 Å². The summed E-state index contributed by atoms with van der Waals surface area (Å²) in [6.07, 6.45) is 2.46. The van der Waals surface area contributed by atoms with E-state index in [9.17, 15) is 5.11 Å². The van der Waals surface area contributed by atoms with Crippen molar-refractivity contribution >= 4 is 11.6 Å². The molecule has 0 saturated carbocycles. The molecule has 0 aliphatic carbocycles. The Bertz CT molecular complexity index is 528. The lowest BCUT2D eigenvalue weighted by molar-refractivity contribution is 0.0615. The highest BCUT2D eigenvalue weighted by molar-refractivity contribution is 5.44. The van der Waals surface area contributed by atoms with Crippen LogP contribution in [0, 0.1) is 0 Å². The number of methoxy groups -OCH3 is 1. The summed E-state index contributed by atoms with van der Waals surface area (Å²) >= 11 is 0. The number of ether oxygens (including phenoxy) is 1. The summed E-state index contributed by atoms with van der Waals surface area (Å²) in [6.45, 7) is 3.02. The molecule has 7 nitrogen and oxygen atoms in total. The van der Waals surface area contributed by atoms with Gasteiger partial charge < -0.3 is 15.2 Å². The van der Waals surface area contributed by atoms with E-state index in [2.05, 4.69) is 20.4 Å². The summed E-state index contributed by atoms with van der Waals surface area (Å²) in [5, 5.41) is 17.0. The quantitative estimate of drug-likeness (QED) is 0.758. The Morgan fingerprint density at radius 1 is 1.53 bits per heavy atom. The highest BCUT2D eigenvalue weighted by atomic mass is 16.5. The molecule has 0 spiro atoms. The third-order valence-corrected chi connectivity index (χ3v) is 2.81.